The van der Waals surface area contributed by atoms with Gasteiger partial charge in [-0.05, 0) is 18.9 Å². The Bertz CT molecular complexity index is 395. The van der Waals surface area contributed by atoms with Gasteiger partial charge in [0.25, 0.3) is 0 Å². The van der Waals surface area contributed by atoms with Gasteiger partial charge in [-0.1, -0.05) is 27.7 Å². The standard InChI is InChI=1S/C15H26N4/c1-11(2)15-16-8-5-14(18-15)19-9-6-13(7-10-19)17-12(3)4/h5,8,11-13,17H,6-7,9-10H2,1-4H3. The summed E-state index contributed by atoms with van der Waals surface area (Å²) in [4.78, 5) is 11.4. The van der Waals surface area contributed by atoms with Crippen molar-refractivity contribution in [2.45, 2.75) is 58.5 Å². The van der Waals surface area contributed by atoms with Gasteiger partial charge in [-0.25, -0.2) is 9.97 Å². The van der Waals surface area contributed by atoms with Crippen LogP contribution in [0.5, 0.6) is 0 Å². The number of nitrogens with zero attached hydrogens (tertiary/aromatic N) is 3. The molecule has 4 nitrogen and oxygen atoms in total. The molecule has 0 bridgehead atoms. The summed E-state index contributed by atoms with van der Waals surface area (Å²) < 4.78 is 0. The smallest absolute Gasteiger partial charge is 0.133 e. The first-order chi connectivity index (χ1) is 9.06. The van der Waals surface area contributed by atoms with Crippen molar-refractivity contribution < 1.29 is 0 Å². The Morgan fingerprint density at radius 1 is 1.21 bits per heavy atom. The fourth-order valence-electron chi connectivity index (χ4n) is 2.56. The van der Waals surface area contributed by atoms with Crippen molar-refractivity contribution in [2.24, 2.45) is 0 Å². The molecular weight excluding hydrogens is 236 g/mol. The maximum atomic E-state index is 4.68. The van der Waals surface area contributed by atoms with E-state index >= 15 is 0 Å². The fraction of sp³-hybridized carbons (Fsp3) is 0.733. The molecule has 1 N–H and O–H groups in total. The molecule has 19 heavy (non-hydrogen) atoms. The van der Waals surface area contributed by atoms with Gasteiger partial charge in [0, 0.05) is 37.3 Å². The van der Waals surface area contributed by atoms with Crippen LogP contribution in [0.25, 0.3) is 0 Å². The van der Waals surface area contributed by atoms with E-state index in [4.69, 9.17) is 0 Å². The van der Waals surface area contributed by atoms with Crippen molar-refractivity contribution in [3.8, 4) is 0 Å². The van der Waals surface area contributed by atoms with Gasteiger partial charge in [-0.15, -0.1) is 0 Å². The maximum Gasteiger partial charge on any atom is 0.133 e. The predicted molar refractivity (Wildman–Crippen MR) is 79.6 cm³/mol. The summed E-state index contributed by atoms with van der Waals surface area (Å²) in [5.74, 6) is 2.42. The highest BCUT2D eigenvalue weighted by Crippen LogP contribution is 2.19. The largest absolute Gasteiger partial charge is 0.356 e. The van der Waals surface area contributed by atoms with Gasteiger partial charge in [-0.3, -0.25) is 0 Å². The van der Waals surface area contributed by atoms with Gasteiger partial charge >= 0.3 is 0 Å². The lowest BCUT2D eigenvalue weighted by molar-refractivity contribution is 0.386. The molecule has 0 atom stereocenters. The van der Waals surface area contributed by atoms with Crippen molar-refractivity contribution >= 4 is 5.82 Å². The Labute approximate surface area is 116 Å². The first-order valence-corrected chi connectivity index (χ1v) is 7.40. The maximum absolute atomic E-state index is 4.68. The van der Waals surface area contributed by atoms with Gasteiger partial charge in [0.05, 0.1) is 0 Å². The zero-order valence-electron chi connectivity index (χ0n) is 12.6. The highest BCUT2D eigenvalue weighted by atomic mass is 15.2. The zero-order chi connectivity index (χ0) is 13.8. The van der Waals surface area contributed by atoms with E-state index in [1.807, 2.05) is 12.3 Å². The van der Waals surface area contributed by atoms with E-state index in [1.165, 1.54) is 12.8 Å². The van der Waals surface area contributed by atoms with Crippen molar-refractivity contribution in [1.82, 2.24) is 15.3 Å². The van der Waals surface area contributed by atoms with Crippen molar-refractivity contribution in [2.75, 3.05) is 18.0 Å². The minimum Gasteiger partial charge on any atom is -0.356 e. The van der Waals surface area contributed by atoms with Crippen molar-refractivity contribution in [1.29, 1.82) is 0 Å². The molecule has 4 heteroatoms. The van der Waals surface area contributed by atoms with Crippen LogP contribution in [0, 0.1) is 0 Å². The minimum absolute atomic E-state index is 0.389. The van der Waals surface area contributed by atoms with E-state index < -0.39 is 0 Å². The van der Waals surface area contributed by atoms with Gasteiger partial charge in [0.1, 0.15) is 11.6 Å². The second-order valence-corrected chi connectivity index (χ2v) is 6.01. The normalized spacial score (nSPS) is 17.5. The first kappa shape index (κ1) is 14.3. The highest BCUT2D eigenvalue weighted by molar-refractivity contribution is 5.38. The third-order valence-electron chi connectivity index (χ3n) is 3.56. The second kappa shape index (κ2) is 6.33. The lowest BCUT2D eigenvalue weighted by atomic mass is 10.0. The van der Waals surface area contributed by atoms with Crippen LogP contribution in [0.2, 0.25) is 0 Å². The summed E-state index contributed by atoms with van der Waals surface area (Å²) in [6.07, 6.45) is 4.27. The average molecular weight is 262 g/mol. The minimum atomic E-state index is 0.389. The average Bonchev–Trinajstić information content (AvgIpc) is 2.39. The molecule has 1 aromatic rings. The van der Waals surface area contributed by atoms with Gasteiger partial charge in [-0.2, -0.15) is 0 Å². The van der Waals surface area contributed by atoms with Crippen LogP contribution in [0.4, 0.5) is 5.82 Å². The predicted octanol–water partition coefficient (Wildman–Crippen LogP) is 2.57. The Balaban J connectivity index is 1.96. The molecule has 106 valence electrons. The number of anilines is 1. The van der Waals surface area contributed by atoms with Gasteiger partial charge in [0.15, 0.2) is 0 Å². The molecule has 2 rings (SSSR count). The van der Waals surface area contributed by atoms with Crippen LogP contribution in [-0.2, 0) is 0 Å². The van der Waals surface area contributed by atoms with E-state index in [1.54, 1.807) is 0 Å². The lowest BCUT2D eigenvalue weighted by Gasteiger charge is -2.34. The number of rotatable bonds is 4. The van der Waals surface area contributed by atoms with Crippen LogP contribution in [0.1, 0.15) is 52.3 Å². The number of aromatic nitrogens is 2. The molecule has 0 unspecified atom stereocenters. The molecule has 2 heterocycles. The van der Waals surface area contributed by atoms with Gasteiger partial charge in [0.2, 0.25) is 0 Å². The molecular formula is C15H26N4. The van der Waals surface area contributed by atoms with E-state index in [0.717, 1.165) is 24.7 Å². The van der Waals surface area contributed by atoms with Crippen molar-refractivity contribution in [3.63, 3.8) is 0 Å². The summed E-state index contributed by atoms with van der Waals surface area (Å²) in [6, 6.07) is 3.26. The van der Waals surface area contributed by atoms with E-state index in [0.29, 0.717) is 18.0 Å². The Kier molecular flexibility index (Phi) is 4.75. The summed E-state index contributed by atoms with van der Waals surface area (Å²) in [6.45, 7) is 10.9. The van der Waals surface area contributed by atoms with Gasteiger partial charge < -0.3 is 10.2 Å². The summed E-state index contributed by atoms with van der Waals surface area (Å²) in [7, 11) is 0. The lowest BCUT2D eigenvalue weighted by Crippen LogP contribution is -2.45. The molecule has 1 saturated heterocycles. The monoisotopic (exact) mass is 262 g/mol. The molecule has 0 amide bonds. The summed E-state index contributed by atoms with van der Waals surface area (Å²) >= 11 is 0. The van der Waals surface area contributed by atoms with Crippen LogP contribution >= 0.6 is 0 Å². The molecule has 0 spiro atoms. The molecule has 1 aliphatic rings. The molecule has 0 saturated carbocycles. The van der Waals surface area contributed by atoms with E-state index in [-0.39, 0.29) is 0 Å². The van der Waals surface area contributed by atoms with Crippen molar-refractivity contribution in [3.05, 3.63) is 18.1 Å². The fourth-order valence-corrected chi connectivity index (χ4v) is 2.56. The Morgan fingerprint density at radius 2 is 1.89 bits per heavy atom. The Hall–Kier alpha value is -1.16. The van der Waals surface area contributed by atoms with Crippen LogP contribution in [0.3, 0.4) is 0 Å². The SMILES string of the molecule is CC(C)NC1CCN(c2ccnc(C(C)C)n2)CC1. The third-order valence-corrected chi connectivity index (χ3v) is 3.56. The molecule has 0 radical (unpaired) electrons. The topological polar surface area (TPSA) is 41.0 Å². The molecule has 0 aromatic carbocycles. The highest BCUT2D eigenvalue weighted by Gasteiger charge is 2.20. The number of piperidine rings is 1. The van der Waals surface area contributed by atoms with Crippen LogP contribution in [-0.4, -0.2) is 35.1 Å². The van der Waals surface area contributed by atoms with Crippen LogP contribution < -0.4 is 10.2 Å². The summed E-state index contributed by atoms with van der Waals surface area (Å²) in [5, 5.41) is 3.62. The van der Waals surface area contributed by atoms with E-state index in [2.05, 4.69) is 47.9 Å². The molecule has 1 aromatic heterocycles. The zero-order valence-corrected chi connectivity index (χ0v) is 12.6. The number of hydrogen-bond donors (Lipinski definition) is 1. The molecule has 0 aliphatic carbocycles. The summed E-state index contributed by atoms with van der Waals surface area (Å²) in [5.41, 5.74) is 0. The molecule has 1 fully saturated rings. The van der Waals surface area contributed by atoms with Crippen LogP contribution in [0.15, 0.2) is 12.3 Å². The second-order valence-electron chi connectivity index (χ2n) is 6.01. The molecule has 1 aliphatic heterocycles. The third kappa shape index (κ3) is 3.90. The number of nitrogens with one attached hydrogen (secondary N) is 1. The van der Waals surface area contributed by atoms with E-state index in [9.17, 15) is 0 Å². The number of hydrogen-bond acceptors (Lipinski definition) is 4. The quantitative estimate of drug-likeness (QED) is 0.905. The first-order valence-electron chi connectivity index (χ1n) is 7.40. The Morgan fingerprint density at radius 3 is 2.47 bits per heavy atom.